The quantitative estimate of drug-likeness (QED) is 0.774. The second-order valence-corrected chi connectivity index (χ2v) is 5.57. The maximum absolute atomic E-state index is 12.1. The summed E-state index contributed by atoms with van der Waals surface area (Å²) in [7, 11) is 1.58. The minimum absolute atomic E-state index is 0.408. The normalized spacial score (nSPS) is 18.4. The Bertz CT molecular complexity index is 565. The van der Waals surface area contributed by atoms with E-state index in [4.69, 9.17) is 4.74 Å². The SMILES string of the molecule is COc1ccc2c(c1)N(CCCN1CCCC1)C(=O)C2=O. The predicted octanol–water partition coefficient (Wildman–Crippen LogP) is 1.71. The first-order valence-corrected chi connectivity index (χ1v) is 7.47. The number of benzene rings is 1. The van der Waals surface area contributed by atoms with E-state index < -0.39 is 11.7 Å². The van der Waals surface area contributed by atoms with Crippen LogP contribution >= 0.6 is 0 Å². The zero-order valence-corrected chi connectivity index (χ0v) is 12.3. The monoisotopic (exact) mass is 288 g/mol. The van der Waals surface area contributed by atoms with Crippen molar-refractivity contribution in [3.05, 3.63) is 23.8 Å². The fourth-order valence-corrected chi connectivity index (χ4v) is 3.08. The van der Waals surface area contributed by atoms with Crippen molar-refractivity contribution in [1.29, 1.82) is 0 Å². The molecule has 0 unspecified atom stereocenters. The summed E-state index contributed by atoms with van der Waals surface area (Å²) >= 11 is 0. The van der Waals surface area contributed by atoms with Crippen LogP contribution in [0.5, 0.6) is 5.75 Å². The summed E-state index contributed by atoms with van der Waals surface area (Å²) < 4.78 is 5.19. The zero-order chi connectivity index (χ0) is 14.8. The number of carbonyl (C=O) groups excluding carboxylic acids is 2. The van der Waals surface area contributed by atoms with Gasteiger partial charge in [0, 0.05) is 12.6 Å². The van der Waals surface area contributed by atoms with Gasteiger partial charge in [-0.15, -0.1) is 0 Å². The molecule has 0 atom stereocenters. The third-order valence-corrected chi connectivity index (χ3v) is 4.23. The van der Waals surface area contributed by atoms with Crippen molar-refractivity contribution in [1.82, 2.24) is 4.90 Å². The molecule has 112 valence electrons. The number of fused-ring (bicyclic) bond motifs is 1. The van der Waals surface area contributed by atoms with Gasteiger partial charge in [-0.2, -0.15) is 0 Å². The lowest BCUT2D eigenvalue weighted by atomic mass is 10.1. The molecule has 5 heteroatoms. The lowest BCUT2D eigenvalue weighted by Crippen LogP contribution is -2.33. The highest BCUT2D eigenvalue weighted by atomic mass is 16.5. The molecule has 1 aromatic rings. The number of nitrogens with zero attached hydrogens (tertiary/aromatic N) is 2. The van der Waals surface area contributed by atoms with Gasteiger partial charge in [-0.25, -0.2) is 0 Å². The largest absolute Gasteiger partial charge is 0.497 e. The van der Waals surface area contributed by atoms with Crippen molar-refractivity contribution in [2.45, 2.75) is 19.3 Å². The smallest absolute Gasteiger partial charge is 0.299 e. The summed E-state index contributed by atoms with van der Waals surface area (Å²) in [5, 5.41) is 0. The number of rotatable bonds is 5. The second-order valence-electron chi connectivity index (χ2n) is 5.57. The lowest BCUT2D eigenvalue weighted by Gasteiger charge is -2.19. The van der Waals surface area contributed by atoms with Crippen molar-refractivity contribution in [3.63, 3.8) is 0 Å². The van der Waals surface area contributed by atoms with Gasteiger partial charge >= 0.3 is 0 Å². The predicted molar refractivity (Wildman–Crippen MR) is 80.0 cm³/mol. The van der Waals surface area contributed by atoms with E-state index in [0.717, 1.165) is 26.1 Å². The second kappa shape index (κ2) is 5.85. The minimum Gasteiger partial charge on any atom is -0.497 e. The maximum atomic E-state index is 12.1. The molecule has 0 bridgehead atoms. The first kappa shape index (κ1) is 14.1. The summed E-state index contributed by atoms with van der Waals surface area (Å²) in [5.41, 5.74) is 1.17. The first-order valence-electron chi connectivity index (χ1n) is 7.47. The van der Waals surface area contributed by atoms with Gasteiger partial charge in [0.15, 0.2) is 0 Å². The highest BCUT2D eigenvalue weighted by Crippen LogP contribution is 2.32. The van der Waals surface area contributed by atoms with Gasteiger partial charge in [0.1, 0.15) is 5.75 Å². The average Bonchev–Trinajstić information content (AvgIpc) is 3.10. The Morgan fingerprint density at radius 2 is 1.90 bits per heavy atom. The molecule has 5 nitrogen and oxygen atoms in total. The van der Waals surface area contributed by atoms with E-state index in [0.29, 0.717) is 23.5 Å². The Morgan fingerprint density at radius 3 is 2.62 bits per heavy atom. The molecular formula is C16H20N2O3. The molecule has 21 heavy (non-hydrogen) atoms. The number of ketones is 1. The molecule has 2 aliphatic heterocycles. The van der Waals surface area contributed by atoms with E-state index in [1.54, 1.807) is 30.2 Å². The van der Waals surface area contributed by atoms with Gasteiger partial charge in [0.2, 0.25) is 0 Å². The van der Waals surface area contributed by atoms with Gasteiger partial charge in [-0.05, 0) is 51.0 Å². The van der Waals surface area contributed by atoms with E-state index in [1.165, 1.54) is 12.8 Å². The molecule has 0 aromatic heterocycles. The van der Waals surface area contributed by atoms with Crippen LogP contribution in [-0.4, -0.2) is 49.9 Å². The topological polar surface area (TPSA) is 49.9 Å². The molecule has 3 rings (SSSR count). The van der Waals surface area contributed by atoms with Crippen LogP contribution in [0.4, 0.5) is 5.69 Å². The number of amides is 1. The molecule has 2 aliphatic rings. The van der Waals surface area contributed by atoms with Crippen LogP contribution in [0.25, 0.3) is 0 Å². The van der Waals surface area contributed by atoms with Crippen molar-refractivity contribution < 1.29 is 14.3 Å². The van der Waals surface area contributed by atoms with Crippen LogP contribution in [0.3, 0.4) is 0 Å². The minimum atomic E-state index is -0.417. The third-order valence-electron chi connectivity index (χ3n) is 4.23. The van der Waals surface area contributed by atoms with E-state index in [9.17, 15) is 9.59 Å². The molecule has 1 amide bonds. The van der Waals surface area contributed by atoms with Crippen LogP contribution in [0.1, 0.15) is 29.6 Å². The van der Waals surface area contributed by atoms with Gasteiger partial charge < -0.3 is 14.5 Å². The summed E-state index contributed by atoms with van der Waals surface area (Å²) in [6.45, 7) is 3.87. The summed E-state index contributed by atoms with van der Waals surface area (Å²) in [6.07, 6.45) is 3.41. The van der Waals surface area contributed by atoms with Gasteiger partial charge in [0.25, 0.3) is 11.7 Å². The first-order chi connectivity index (χ1) is 10.2. The fourth-order valence-electron chi connectivity index (χ4n) is 3.08. The molecule has 0 radical (unpaired) electrons. The van der Waals surface area contributed by atoms with E-state index >= 15 is 0 Å². The Balaban J connectivity index is 1.70. The molecule has 0 aliphatic carbocycles. The highest BCUT2D eigenvalue weighted by molar-refractivity contribution is 6.52. The number of Topliss-reactive ketones (excluding diaryl/α,β-unsaturated/α-hetero) is 1. The Hall–Kier alpha value is -1.88. The molecule has 1 fully saturated rings. The maximum Gasteiger partial charge on any atom is 0.299 e. The zero-order valence-electron chi connectivity index (χ0n) is 12.3. The van der Waals surface area contributed by atoms with Crippen LogP contribution in [0.15, 0.2) is 18.2 Å². The number of hydrogen-bond acceptors (Lipinski definition) is 4. The molecule has 0 spiro atoms. The Labute approximate surface area is 124 Å². The Kier molecular flexibility index (Phi) is 3.92. The summed E-state index contributed by atoms with van der Waals surface area (Å²) in [4.78, 5) is 28.1. The molecule has 0 N–H and O–H groups in total. The average molecular weight is 288 g/mol. The molecule has 1 aromatic carbocycles. The number of likely N-dealkylation sites (tertiary alicyclic amines) is 1. The number of ether oxygens (including phenoxy) is 1. The lowest BCUT2D eigenvalue weighted by molar-refractivity contribution is -0.114. The molecule has 1 saturated heterocycles. The van der Waals surface area contributed by atoms with Crippen LogP contribution < -0.4 is 9.64 Å². The van der Waals surface area contributed by atoms with Crippen molar-refractivity contribution >= 4 is 17.4 Å². The summed E-state index contributed by atoms with van der Waals surface area (Å²) in [6, 6.07) is 5.17. The Morgan fingerprint density at radius 1 is 1.14 bits per heavy atom. The fraction of sp³-hybridized carbons (Fsp3) is 0.500. The van der Waals surface area contributed by atoms with Gasteiger partial charge in [-0.3, -0.25) is 9.59 Å². The standard InChI is InChI=1S/C16H20N2O3/c1-21-12-5-6-13-14(11-12)18(16(20)15(13)19)10-4-9-17-7-2-3-8-17/h5-6,11H,2-4,7-10H2,1H3. The van der Waals surface area contributed by atoms with Gasteiger partial charge in [0.05, 0.1) is 18.4 Å². The number of methoxy groups -OCH3 is 1. The summed E-state index contributed by atoms with van der Waals surface area (Å²) in [5.74, 6) is -0.158. The van der Waals surface area contributed by atoms with Crippen LogP contribution in [0.2, 0.25) is 0 Å². The van der Waals surface area contributed by atoms with E-state index in [-0.39, 0.29) is 0 Å². The van der Waals surface area contributed by atoms with E-state index in [2.05, 4.69) is 4.90 Å². The van der Waals surface area contributed by atoms with E-state index in [1.807, 2.05) is 0 Å². The molecular weight excluding hydrogens is 268 g/mol. The van der Waals surface area contributed by atoms with Crippen molar-refractivity contribution in [2.24, 2.45) is 0 Å². The molecule has 0 saturated carbocycles. The number of carbonyl (C=O) groups is 2. The third kappa shape index (κ3) is 2.65. The van der Waals surface area contributed by atoms with Crippen molar-refractivity contribution in [2.75, 3.05) is 38.2 Å². The number of anilines is 1. The number of hydrogen-bond donors (Lipinski definition) is 0. The van der Waals surface area contributed by atoms with Gasteiger partial charge in [-0.1, -0.05) is 0 Å². The van der Waals surface area contributed by atoms with Crippen molar-refractivity contribution in [3.8, 4) is 5.75 Å². The van der Waals surface area contributed by atoms with Crippen LogP contribution in [-0.2, 0) is 4.79 Å². The molecule has 2 heterocycles. The highest BCUT2D eigenvalue weighted by Gasteiger charge is 2.35. The van der Waals surface area contributed by atoms with Crippen LogP contribution in [0, 0.1) is 0 Å².